The first-order chi connectivity index (χ1) is 12.3. The van der Waals surface area contributed by atoms with Crippen molar-refractivity contribution in [3.05, 3.63) is 35.4 Å². The number of nitrogens with one attached hydrogen (secondary N) is 1. The number of benzene rings is 1. The molecule has 1 aliphatic heterocycles. The SMILES string of the molecule is COC(=O)[C@H](CC(C)C)NC(=O)c1ccc(CN2C(=O)CCC2=O)cc1. The van der Waals surface area contributed by atoms with Gasteiger partial charge in [-0.05, 0) is 30.0 Å². The van der Waals surface area contributed by atoms with Crippen LogP contribution in [0.4, 0.5) is 0 Å². The van der Waals surface area contributed by atoms with Crippen LogP contribution in [0.25, 0.3) is 0 Å². The maximum atomic E-state index is 12.4. The van der Waals surface area contributed by atoms with E-state index in [-0.39, 0.29) is 43.0 Å². The summed E-state index contributed by atoms with van der Waals surface area (Å²) in [4.78, 5) is 48.7. The Morgan fingerprint density at radius 2 is 1.69 bits per heavy atom. The van der Waals surface area contributed by atoms with Crippen molar-refractivity contribution >= 4 is 23.7 Å². The first kappa shape index (κ1) is 19.6. The first-order valence-electron chi connectivity index (χ1n) is 8.62. The lowest BCUT2D eigenvalue weighted by Gasteiger charge is -2.18. The third kappa shape index (κ3) is 4.91. The van der Waals surface area contributed by atoms with Crippen LogP contribution in [-0.4, -0.2) is 41.7 Å². The molecule has 1 N–H and O–H groups in total. The number of nitrogens with zero attached hydrogens (tertiary/aromatic N) is 1. The number of carbonyl (C=O) groups is 4. The molecule has 1 aromatic carbocycles. The van der Waals surface area contributed by atoms with Crippen LogP contribution >= 0.6 is 0 Å². The van der Waals surface area contributed by atoms with Gasteiger partial charge < -0.3 is 10.1 Å². The number of rotatable bonds is 7. The second-order valence-electron chi connectivity index (χ2n) is 6.75. The molecule has 0 saturated carbocycles. The minimum Gasteiger partial charge on any atom is -0.467 e. The summed E-state index contributed by atoms with van der Waals surface area (Å²) in [6.45, 7) is 4.12. The van der Waals surface area contributed by atoms with Gasteiger partial charge in [0.2, 0.25) is 11.8 Å². The lowest BCUT2D eigenvalue weighted by atomic mass is 10.0. The lowest BCUT2D eigenvalue weighted by Crippen LogP contribution is -2.42. The van der Waals surface area contributed by atoms with Gasteiger partial charge in [-0.15, -0.1) is 0 Å². The van der Waals surface area contributed by atoms with Crippen LogP contribution in [0, 0.1) is 5.92 Å². The third-order valence-electron chi connectivity index (χ3n) is 4.21. The van der Waals surface area contributed by atoms with Crippen LogP contribution in [0.2, 0.25) is 0 Å². The van der Waals surface area contributed by atoms with Crippen LogP contribution < -0.4 is 5.32 Å². The van der Waals surface area contributed by atoms with E-state index in [0.29, 0.717) is 12.0 Å². The maximum absolute atomic E-state index is 12.4. The highest BCUT2D eigenvalue weighted by atomic mass is 16.5. The van der Waals surface area contributed by atoms with E-state index in [1.165, 1.54) is 12.0 Å². The number of carbonyl (C=O) groups excluding carboxylic acids is 4. The Balaban J connectivity index is 2.02. The molecule has 0 aliphatic carbocycles. The van der Waals surface area contributed by atoms with Gasteiger partial charge in [0.25, 0.3) is 5.91 Å². The number of likely N-dealkylation sites (tertiary alicyclic amines) is 1. The molecule has 0 bridgehead atoms. The molecule has 1 atom stereocenters. The highest BCUT2D eigenvalue weighted by molar-refractivity contribution is 6.02. The molecule has 0 unspecified atom stereocenters. The summed E-state index contributed by atoms with van der Waals surface area (Å²) in [6, 6.07) is 5.91. The molecule has 0 radical (unpaired) electrons. The molecule has 7 nitrogen and oxygen atoms in total. The highest BCUT2D eigenvalue weighted by Crippen LogP contribution is 2.16. The van der Waals surface area contributed by atoms with Crippen LogP contribution in [0.1, 0.15) is 49.0 Å². The monoisotopic (exact) mass is 360 g/mol. The van der Waals surface area contributed by atoms with Crippen LogP contribution in [0.15, 0.2) is 24.3 Å². The highest BCUT2D eigenvalue weighted by Gasteiger charge is 2.28. The van der Waals surface area contributed by atoms with Gasteiger partial charge in [0, 0.05) is 18.4 Å². The molecule has 3 amide bonds. The van der Waals surface area contributed by atoms with Gasteiger partial charge in [-0.2, -0.15) is 0 Å². The second-order valence-corrected chi connectivity index (χ2v) is 6.75. The van der Waals surface area contributed by atoms with Gasteiger partial charge in [0.1, 0.15) is 6.04 Å². The molecular formula is C19H24N2O5. The molecule has 0 aromatic heterocycles. The van der Waals surface area contributed by atoms with Crippen LogP contribution in [0.3, 0.4) is 0 Å². The molecule has 1 heterocycles. The molecule has 1 saturated heterocycles. The Kier molecular flexibility index (Phi) is 6.49. The van der Waals surface area contributed by atoms with Crippen LogP contribution in [-0.2, 0) is 25.7 Å². The number of hydrogen-bond donors (Lipinski definition) is 1. The van der Waals surface area contributed by atoms with E-state index in [2.05, 4.69) is 5.32 Å². The average molecular weight is 360 g/mol. The summed E-state index contributed by atoms with van der Waals surface area (Å²) in [5.41, 5.74) is 1.15. The smallest absolute Gasteiger partial charge is 0.328 e. The topological polar surface area (TPSA) is 92.8 Å². The molecule has 1 aromatic rings. The largest absolute Gasteiger partial charge is 0.467 e. The summed E-state index contributed by atoms with van der Waals surface area (Å²) in [5.74, 6) is -0.981. The Morgan fingerprint density at radius 3 is 2.19 bits per heavy atom. The van der Waals surface area contributed by atoms with Gasteiger partial charge in [0.15, 0.2) is 0 Å². The number of amides is 3. The molecular weight excluding hydrogens is 336 g/mol. The Morgan fingerprint density at radius 1 is 1.12 bits per heavy atom. The lowest BCUT2D eigenvalue weighted by molar-refractivity contribution is -0.143. The zero-order valence-corrected chi connectivity index (χ0v) is 15.3. The second kappa shape index (κ2) is 8.60. The first-order valence-corrected chi connectivity index (χ1v) is 8.62. The van der Waals surface area contributed by atoms with E-state index < -0.39 is 12.0 Å². The van der Waals surface area contributed by atoms with Crippen molar-refractivity contribution in [2.24, 2.45) is 5.92 Å². The Hall–Kier alpha value is -2.70. The predicted octanol–water partition coefficient (Wildman–Crippen LogP) is 1.65. The molecule has 26 heavy (non-hydrogen) atoms. The predicted molar refractivity (Wildman–Crippen MR) is 94.0 cm³/mol. The number of methoxy groups -OCH3 is 1. The Labute approximate surface area is 152 Å². The third-order valence-corrected chi connectivity index (χ3v) is 4.21. The van der Waals surface area contributed by atoms with E-state index in [1.54, 1.807) is 24.3 Å². The molecule has 2 rings (SSSR count). The van der Waals surface area contributed by atoms with E-state index in [1.807, 2.05) is 13.8 Å². The van der Waals surface area contributed by atoms with Crippen molar-refractivity contribution in [3.63, 3.8) is 0 Å². The average Bonchev–Trinajstić information content (AvgIpc) is 2.92. The Bertz CT molecular complexity index is 680. The molecule has 140 valence electrons. The van der Waals surface area contributed by atoms with Crippen LogP contribution in [0.5, 0.6) is 0 Å². The number of ether oxygens (including phenoxy) is 1. The zero-order valence-electron chi connectivity index (χ0n) is 15.3. The van der Waals surface area contributed by atoms with Crippen molar-refractivity contribution in [2.45, 2.75) is 45.7 Å². The summed E-state index contributed by atoms with van der Waals surface area (Å²) < 4.78 is 4.74. The van der Waals surface area contributed by atoms with Crippen molar-refractivity contribution in [2.75, 3.05) is 7.11 Å². The zero-order chi connectivity index (χ0) is 19.3. The van der Waals surface area contributed by atoms with Gasteiger partial charge >= 0.3 is 5.97 Å². The summed E-state index contributed by atoms with van der Waals surface area (Å²) in [5, 5.41) is 2.69. The normalized spacial score (nSPS) is 15.3. The van der Waals surface area contributed by atoms with Gasteiger partial charge in [0.05, 0.1) is 13.7 Å². The molecule has 0 spiro atoms. The number of imide groups is 1. The van der Waals surface area contributed by atoms with Crippen molar-refractivity contribution < 1.29 is 23.9 Å². The molecule has 1 aliphatic rings. The summed E-state index contributed by atoms with van der Waals surface area (Å²) >= 11 is 0. The number of esters is 1. The number of hydrogen-bond acceptors (Lipinski definition) is 5. The molecule has 1 fully saturated rings. The van der Waals surface area contributed by atoms with Crippen molar-refractivity contribution in [1.82, 2.24) is 10.2 Å². The standard InChI is InChI=1S/C19H24N2O5/c1-12(2)10-15(19(25)26-3)20-18(24)14-6-4-13(5-7-14)11-21-16(22)8-9-17(21)23/h4-7,12,15H,8-11H2,1-3H3,(H,20,24)/t15-/m0/s1. The quantitative estimate of drug-likeness (QED) is 0.590. The van der Waals surface area contributed by atoms with Gasteiger partial charge in [-0.1, -0.05) is 26.0 Å². The summed E-state index contributed by atoms with van der Waals surface area (Å²) in [6.07, 6.45) is 0.990. The van der Waals surface area contributed by atoms with Crippen molar-refractivity contribution in [3.8, 4) is 0 Å². The fourth-order valence-corrected chi connectivity index (χ4v) is 2.81. The van der Waals surface area contributed by atoms with Gasteiger partial charge in [-0.3, -0.25) is 19.3 Å². The van der Waals surface area contributed by atoms with E-state index in [0.717, 1.165) is 5.56 Å². The van der Waals surface area contributed by atoms with Gasteiger partial charge in [-0.25, -0.2) is 4.79 Å². The minimum atomic E-state index is -0.702. The van der Waals surface area contributed by atoms with E-state index in [9.17, 15) is 19.2 Å². The summed E-state index contributed by atoms with van der Waals surface area (Å²) in [7, 11) is 1.29. The maximum Gasteiger partial charge on any atom is 0.328 e. The fourth-order valence-electron chi connectivity index (χ4n) is 2.81. The minimum absolute atomic E-state index is 0.175. The van der Waals surface area contributed by atoms with E-state index >= 15 is 0 Å². The fraction of sp³-hybridized carbons (Fsp3) is 0.474. The van der Waals surface area contributed by atoms with E-state index in [4.69, 9.17) is 4.74 Å². The van der Waals surface area contributed by atoms with Crippen molar-refractivity contribution in [1.29, 1.82) is 0 Å². The molecule has 7 heteroatoms.